The fourth-order valence-corrected chi connectivity index (χ4v) is 8.31. The molecule has 2 atom stereocenters. The Morgan fingerprint density at radius 3 is 2.46 bits per heavy atom. The number of benzene rings is 3. The second kappa shape index (κ2) is 15.9. The first-order chi connectivity index (χ1) is 26.1. The van der Waals surface area contributed by atoms with Crippen LogP contribution in [0.5, 0.6) is 5.75 Å². The van der Waals surface area contributed by atoms with Crippen molar-refractivity contribution in [1.29, 1.82) is 0 Å². The van der Waals surface area contributed by atoms with Crippen molar-refractivity contribution in [3.63, 3.8) is 0 Å². The van der Waals surface area contributed by atoms with Crippen LogP contribution in [0.1, 0.15) is 47.2 Å². The van der Waals surface area contributed by atoms with Gasteiger partial charge < -0.3 is 34.6 Å². The molecular weight excluding hydrogens is 735 g/mol. The van der Waals surface area contributed by atoms with Crippen LogP contribution in [0.4, 0.5) is 4.79 Å². The van der Waals surface area contributed by atoms with Crippen LogP contribution >= 0.6 is 23.2 Å². The number of aliphatic carboxylic acids is 1. The van der Waals surface area contributed by atoms with Crippen LogP contribution in [0.15, 0.2) is 73.1 Å². The van der Waals surface area contributed by atoms with Gasteiger partial charge >= 0.3 is 12.0 Å². The lowest BCUT2D eigenvalue weighted by atomic mass is 9.76. The highest BCUT2D eigenvalue weighted by molar-refractivity contribution is 6.42. The number of carboxylic acid groups (broad SMARTS) is 1. The minimum Gasteiger partial charge on any atom is -0.496 e. The Kier molecular flexibility index (Phi) is 11.1. The van der Waals surface area contributed by atoms with E-state index < -0.39 is 29.0 Å². The molecule has 7 rings (SSSR count). The lowest BCUT2D eigenvalue weighted by molar-refractivity contribution is -0.147. The summed E-state index contributed by atoms with van der Waals surface area (Å²) in [6, 6.07) is 19.4. The monoisotopic (exact) mass is 776 g/mol. The summed E-state index contributed by atoms with van der Waals surface area (Å²) < 4.78 is 12.5. The van der Waals surface area contributed by atoms with Gasteiger partial charge in [-0.1, -0.05) is 59.6 Å². The van der Waals surface area contributed by atoms with Crippen LogP contribution in [0.25, 0.3) is 5.69 Å². The number of likely N-dealkylation sites (tertiary alicyclic amines) is 2. The number of carbonyl (C=O) groups excluding carboxylic acids is 2. The number of morpholine rings is 1. The first-order valence-electron chi connectivity index (χ1n) is 17.9. The molecule has 16 heteroatoms. The number of piperidine rings is 1. The van der Waals surface area contributed by atoms with E-state index in [1.54, 1.807) is 25.3 Å². The Morgan fingerprint density at radius 1 is 0.963 bits per heavy atom. The van der Waals surface area contributed by atoms with Gasteiger partial charge in [0.2, 0.25) is 0 Å². The summed E-state index contributed by atoms with van der Waals surface area (Å²) in [6.45, 7) is 3.57. The van der Waals surface area contributed by atoms with Gasteiger partial charge in [0.15, 0.2) is 6.04 Å². The maximum absolute atomic E-state index is 14.2. The molecule has 3 aliphatic rings. The summed E-state index contributed by atoms with van der Waals surface area (Å²) in [6.07, 6.45) is 4.20. The largest absolute Gasteiger partial charge is 0.496 e. The number of halogens is 2. The van der Waals surface area contributed by atoms with E-state index in [0.717, 1.165) is 24.1 Å². The molecule has 3 fully saturated rings. The lowest BCUT2D eigenvalue weighted by Gasteiger charge is -2.45. The van der Waals surface area contributed by atoms with Gasteiger partial charge in [-0.05, 0) is 84.1 Å². The molecule has 3 aromatic carbocycles. The number of nitrogens with one attached hydrogen (secondary N) is 1. The molecule has 3 saturated heterocycles. The van der Waals surface area contributed by atoms with Gasteiger partial charge in [-0.3, -0.25) is 4.79 Å². The summed E-state index contributed by atoms with van der Waals surface area (Å²) in [4.78, 5) is 45.5. The number of urea groups is 1. The van der Waals surface area contributed by atoms with E-state index in [9.17, 15) is 19.5 Å². The smallest absolute Gasteiger partial charge is 0.328 e. The Bertz CT molecular complexity index is 1980. The van der Waals surface area contributed by atoms with E-state index >= 15 is 0 Å². The third-order valence-electron chi connectivity index (χ3n) is 11.2. The Hall–Kier alpha value is -4.76. The average molecular weight is 778 g/mol. The molecule has 0 aliphatic carbocycles. The molecule has 3 aliphatic heterocycles. The van der Waals surface area contributed by atoms with Gasteiger partial charge in [0.05, 0.1) is 47.2 Å². The first-order valence-corrected chi connectivity index (χ1v) is 18.7. The van der Waals surface area contributed by atoms with Crippen LogP contribution in [0.3, 0.4) is 0 Å². The standard InChI is InChI=1S/C38H42Cl2N8O6/c1-53-33-10-8-28(48-25-41-43-44-48)22-29(33)34(49)46-18-12-37(24-46,27-7-9-30(39)31(40)21-27)11-15-45-16-13-38(14-17-45,26-5-3-2-4-6-26)42-36(52)47-19-20-54-23-32(47)35(50)51/h2-10,21-22,25,32H,11-20,23-24H2,1H3,(H,42,52)(H,50,51). The Labute approximate surface area is 322 Å². The van der Waals surface area contributed by atoms with E-state index in [-0.39, 0.29) is 25.7 Å². The number of aromatic nitrogens is 4. The molecule has 3 amide bonds. The molecule has 4 aromatic rings. The summed E-state index contributed by atoms with van der Waals surface area (Å²) in [7, 11) is 1.54. The van der Waals surface area contributed by atoms with Gasteiger partial charge in [0, 0.05) is 38.1 Å². The van der Waals surface area contributed by atoms with Crippen molar-refractivity contribution >= 4 is 41.1 Å². The number of carboxylic acids is 1. The number of hydrogen-bond acceptors (Lipinski definition) is 9. The van der Waals surface area contributed by atoms with Crippen molar-refractivity contribution in [2.24, 2.45) is 0 Å². The van der Waals surface area contributed by atoms with Crippen molar-refractivity contribution in [2.45, 2.75) is 42.7 Å². The van der Waals surface area contributed by atoms with Crippen LogP contribution in [0.2, 0.25) is 10.0 Å². The van der Waals surface area contributed by atoms with Crippen LogP contribution in [0, 0.1) is 0 Å². The molecular formula is C38H42Cl2N8O6. The molecule has 1 aromatic heterocycles. The van der Waals surface area contributed by atoms with E-state index in [1.165, 1.54) is 15.9 Å². The highest BCUT2D eigenvalue weighted by Crippen LogP contribution is 2.42. The van der Waals surface area contributed by atoms with Crippen molar-refractivity contribution in [3.8, 4) is 11.4 Å². The van der Waals surface area contributed by atoms with Gasteiger partial charge in [0.25, 0.3) is 5.91 Å². The zero-order valence-corrected chi connectivity index (χ0v) is 31.4. The predicted octanol–water partition coefficient (Wildman–Crippen LogP) is 4.64. The molecule has 4 heterocycles. The van der Waals surface area contributed by atoms with Gasteiger partial charge in [-0.2, -0.15) is 0 Å². The molecule has 0 spiro atoms. The van der Waals surface area contributed by atoms with Crippen molar-refractivity contribution in [1.82, 2.24) is 40.2 Å². The first kappa shape index (κ1) is 37.6. The lowest BCUT2D eigenvalue weighted by Crippen LogP contribution is -2.61. The van der Waals surface area contributed by atoms with E-state index in [2.05, 4.69) is 25.7 Å². The topological polar surface area (TPSA) is 155 Å². The maximum Gasteiger partial charge on any atom is 0.328 e. The normalized spacial score (nSPS) is 21.5. The molecule has 2 N–H and O–H groups in total. The maximum atomic E-state index is 14.2. The highest BCUT2D eigenvalue weighted by atomic mass is 35.5. The third kappa shape index (κ3) is 7.61. The Morgan fingerprint density at radius 2 is 1.76 bits per heavy atom. The quantitative estimate of drug-likeness (QED) is 0.233. The number of nitrogens with zero attached hydrogens (tertiary/aromatic N) is 7. The highest BCUT2D eigenvalue weighted by Gasteiger charge is 2.44. The number of methoxy groups -OCH3 is 1. The Balaban J connectivity index is 1.09. The van der Waals surface area contributed by atoms with Crippen LogP contribution < -0.4 is 10.1 Å². The molecule has 284 valence electrons. The van der Waals surface area contributed by atoms with Gasteiger partial charge in [-0.25, -0.2) is 14.3 Å². The number of ether oxygens (including phenoxy) is 2. The van der Waals surface area contributed by atoms with Crippen molar-refractivity contribution in [3.05, 3.63) is 99.8 Å². The van der Waals surface area contributed by atoms with E-state index in [0.29, 0.717) is 72.5 Å². The second-order valence-corrected chi connectivity index (χ2v) is 14.9. The minimum atomic E-state index is -1.09. The molecule has 0 radical (unpaired) electrons. The van der Waals surface area contributed by atoms with Crippen LogP contribution in [-0.2, 0) is 20.5 Å². The summed E-state index contributed by atoms with van der Waals surface area (Å²) >= 11 is 12.9. The molecule has 0 bridgehead atoms. The SMILES string of the molecule is COc1ccc(-n2cnnn2)cc1C(=O)N1CCC(CCN2CCC(NC(=O)N3CCOCC3C(=O)O)(c3ccccc3)CC2)(c2ccc(Cl)c(Cl)c2)C1. The number of amides is 3. The van der Waals surface area contributed by atoms with E-state index in [1.807, 2.05) is 53.4 Å². The number of carbonyl (C=O) groups is 3. The molecule has 54 heavy (non-hydrogen) atoms. The fourth-order valence-electron chi connectivity index (χ4n) is 8.01. The fraction of sp³-hybridized carbons (Fsp3) is 0.421. The zero-order valence-electron chi connectivity index (χ0n) is 29.9. The molecule has 0 saturated carbocycles. The predicted molar refractivity (Wildman–Crippen MR) is 200 cm³/mol. The minimum absolute atomic E-state index is 0.0425. The van der Waals surface area contributed by atoms with Gasteiger partial charge in [-0.15, -0.1) is 5.10 Å². The molecule has 14 nitrogen and oxygen atoms in total. The molecule has 2 unspecified atom stereocenters. The van der Waals surface area contributed by atoms with E-state index in [4.69, 9.17) is 32.7 Å². The van der Waals surface area contributed by atoms with Crippen molar-refractivity contribution in [2.75, 3.05) is 59.6 Å². The van der Waals surface area contributed by atoms with Crippen LogP contribution in [-0.4, -0.2) is 124 Å². The van der Waals surface area contributed by atoms with Crippen molar-refractivity contribution < 1.29 is 29.0 Å². The number of tetrazole rings is 1. The second-order valence-electron chi connectivity index (χ2n) is 14.1. The van der Waals surface area contributed by atoms with Gasteiger partial charge in [0.1, 0.15) is 12.1 Å². The summed E-state index contributed by atoms with van der Waals surface area (Å²) in [5, 5.41) is 25.4. The number of hydrogen-bond donors (Lipinski definition) is 2. The third-order valence-corrected chi connectivity index (χ3v) is 11.9. The summed E-state index contributed by atoms with van der Waals surface area (Å²) in [5.41, 5.74) is 1.97. The summed E-state index contributed by atoms with van der Waals surface area (Å²) in [5.74, 6) is -0.790. The average Bonchev–Trinajstić information content (AvgIpc) is 3.91. The number of rotatable bonds is 10. The zero-order chi connectivity index (χ0) is 37.9.